The lowest BCUT2D eigenvalue weighted by Gasteiger charge is -2.50. The maximum Gasteiger partial charge on any atom is 0.408 e. The number of rotatable bonds is 4. The summed E-state index contributed by atoms with van der Waals surface area (Å²) in [6.45, 7) is 11.0. The highest BCUT2D eigenvalue weighted by Gasteiger charge is 2.54. The molecule has 1 aromatic heterocycles. The summed E-state index contributed by atoms with van der Waals surface area (Å²) in [6, 6.07) is 2.57. The number of nitrogens with one attached hydrogen (secondary N) is 1. The minimum Gasteiger partial charge on any atom is -0.455 e. The number of β-lactam (4-membered cyclic amide) rings is 1. The van der Waals surface area contributed by atoms with Gasteiger partial charge >= 0.3 is 12.1 Å². The highest BCUT2D eigenvalue weighted by Crippen LogP contribution is 2.39. The Morgan fingerprint density at radius 2 is 1.66 bits per heavy atom. The molecular formula is C28H37N4O6+. The number of fused-ring (bicyclic) bond motifs is 1. The van der Waals surface area contributed by atoms with Crippen molar-refractivity contribution in [1.29, 1.82) is 0 Å². The molecule has 3 aliphatic heterocycles. The zero-order valence-corrected chi connectivity index (χ0v) is 23.2. The fourth-order valence-electron chi connectivity index (χ4n) is 4.86. The van der Waals surface area contributed by atoms with Crippen LogP contribution >= 0.6 is 0 Å². The standard InChI is InChI=1S/C28H36N4O6/c1-27(2,3)37-25(35)22-17(16-18-10-15-31(23(18)33)19-11-13-30(7)14-12-19)8-9-20-21(24(34)32(20)22)29-26(36)38-28(4,5)6/h11-14,16,20-21H,8-10,15H2,1-7H3/p+1/b18-16+/t20-,21+/m1/s1. The zero-order valence-electron chi connectivity index (χ0n) is 23.2. The van der Waals surface area contributed by atoms with E-state index in [-0.39, 0.29) is 11.6 Å². The van der Waals surface area contributed by atoms with Crippen LogP contribution in [0.25, 0.3) is 0 Å². The number of alkyl carbamates (subject to hydrolysis) is 1. The van der Waals surface area contributed by atoms with Crippen LogP contribution in [0.4, 0.5) is 10.5 Å². The Kier molecular flexibility index (Phi) is 7.11. The van der Waals surface area contributed by atoms with Crippen LogP contribution in [0.5, 0.6) is 0 Å². The first kappa shape index (κ1) is 27.3. The third kappa shape index (κ3) is 5.74. The molecule has 0 radical (unpaired) electrons. The molecule has 10 heteroatoms. The fraction of sp³-hybridized carbons (Fsp3) is 0.536. The second-order valence-electron chi connectivity index (χ2n) is 11.9. The third-order valence-corrected chi connectivity index (χ3v) is 6.48. The van der Waals surface area contributed by atoms with E-state index in [0.29, 0.717) is 37.0 Å². The average molecular weight is 526 g/mol. The molecule has 0 aromatic carbocycles. The van der Waals surface area contributed by atoms with Crippen LogP contribution in [0, 0.1) is 0 Å². The molecule has 4 heterocycles. The van der Waals surface area contributed by atoms with Crippen LogP contribution in [0.2, 0.25) is 0 Å². The summed E-state index contributed by atoms with van der Waals surface area (Å²) in [6.07, 6.45) is 6.31. The molecule has 0 unspecified atom stereocenters. The van der Waals surface area contributed by atoms with E-state index in [4.69, 9.17) is 9.47 Å². The Balaban J connectivity index is 1.62. The van der Waals surface area contributed by atoms with Crippen LogP contribution in [-0.2, 0) is 30.9 Å². The van der Waals surface area contributed by atoms with Gasteiger partial charge in [0.15, 0.2) is 12.4 Å². The van der Waals surface area contributed by atoms with E-state index < -0.39 is 41.3 Å². The van der Waals surface area contributed by atoms with Gasteiger partial charge in [-0.1, -0.05) is 0 Å². The van der Waals surface area contributed by atoms with E-state index in [1.54, 1.807) is 52.5 Å². The van der Waals surface area contributed by atoms with Gasteiger partial charge in [-0.15, -0.1) is 0 Å². The highest BCUT2D eigenvalue weighted by molar-refractivity contribution is 6.09. The molecule has 2 fully saturated rings. The number of hydrogen-bond donors (Lipinski definition) is 1. The molecule has 0 aliphatic carbocycles. The van der Waals surface area contributed by atoms with Gasteiger partial charge in [0.2, 0.25) is 0 Å². The summed E-state index contributed by atoms with van der Waals surface area (Å²) < 4.78 is 12.9. The number of hydrogen-bond acceptors (Lipinski definition) is 6. The number of nitrogens with zero attached hydrogens (tertiary/aromatic N) is 3. The number of ether oxygens (including phenoxy) is 2. The van der Waals surface area contributed by atoms with Crippen LogP contribution in [-0.4, -0.2) is 58.6 Å². The van der Waals surface area contributed by atoms with Gasteiger partial charge in [0.05, 0.1) is 11.7 Å². The van der Waals surface area contributed by atoms with E-state index in [1.807, 2.05) is 36.1 Å². The molecule has 1 N–H and O–H groups in total. The first-order valence-electron chi connectivity index (χ1n) is 12.9. The van der Waals surface area contributed by atoms with E-state index in [0.717, 1.165) is 5.69 Å². The molecule has 2 atom stereocenters. The summed E-state index contributed by atoms with van der Waals surface area (Å²) in [5, 5.41) is 2.65. The summed E-state index contributed by atoms with van der Waals surface area (Å²) in [5.41, 5.74) is 0.613. The molecule has 38 heavy (non-hydrogen) atoms. The molecular weight excluding hydrogens is 488 g/mol. The zero-order chi connectivity index (χ0) is 28.0. The number of aromatic nitrogens is 1. The average Bonchev–Trinajstić information content (AvgIpc) is 3.15. The van der Waals surface area contributed by atoms with Crippen molar-refractivity contribution in [2.45, 2.75) is 84.1 Å². The van der Waals surface area contributed by atoms with Crippen molar-refractivity contribution in [2.24, 2.45) is 7.05 Å². The van der Waals surface area contributed by atoms with Gasteiger partial charge in [-0.05, 0) is 72.5 Å². The van der Waals surface area contributed by atoms with Gasteiger partial charge in [-0.2, -0.15) is 0 Å². The van der Waals surface area contributed by atoms with Crippen molar-refractivity contribution < 1.29 is 33.2 Å². The summed E-state index contributed by atoms with van der Waals surface area (Å²) >= 11 is 0. The number of allylic oxidation sites excluding steroid dienone is 2. The lowest BCUT2D eigenvalue weighted by molar-refractivity contribution is -0.671. The predicted molar refractivity (Wildman–Crippen MR) is 139 cm³/mol. The van der Waals surface area contributed by atoms with Crippen LogP contribution in [0.15, 0.2) is 47.4 Å². The van der Waals surface area contributed by atoms with E-state index >= 15 is 0 Å². The lowest BCUT2D eigenvalue weighted by atomic mass is 9.83. The Morgan fingerprint density at radius 3 is 2.26 bits per heavy atom. The molecule has 10 nitrogen and oxygen atoms in total. The predicted octanol–water partition coefficient (Wildman–Crippen LogP) is 2.67. The van der Waals surface area contributed by atoms with Gasteiger partial charge in [0, 0.05) is 24.3 Å². The molecule has 4 rings (SSSR count). The maximum atomic E-state index is 13.3. The molecule has 1 aromatic rings. The highest BCUT2D eigenvalue weighted by atomic mass is 16.6. The second-order valence-corrected chi connectivity index (χ2v) is 11.9. The number of esters is 1. The van der Waals surface area contributed by atoms with Crippen molar-refractivity contribution in [3.8, 4) is 0 Å². The number of anilines is 1. The van der Waals surface area contributed by atoms with E-state index in [1.165, 1.54) is 4.90 Å². The topological polar surface area (TPSA) is 109 Å². The van der Waals surface area contributed by atoms with Gasteiger partial charge in [0.25, 0.3) is 11.8 Å². The van der Waals surface area contributed by atoms with Gasteiger partial charge in [0.1, 0.15) is 30.0 Å². The number of carbonyl (C=O) groups is 4. The normalized spacial score (nSPS) is 22.9. The first-order chi connectivity index (χ1) is 17.6. The number of amides is 3. The quantitative estimate of drug-likeness (QED) is 0.280. The summed E-state index contributed by atoms with van der Waals surface area (Å²) in [7, 11) is 1.91. The number of pyridine rings is 1. The van der Waals surface area contributed by atoms with Gasteiger partial charge in [-0.25, -0.2) is 14.2 Å². The minimum absolute atomic E-state index is 0.128. The second kappa shape index (κ2) is 9.89. The van der Waals surface area contributed by atoms with E-state index in [9.17, 15) is 19.2 Å². The van der Waals surface area contributed by atoms with Crippen molar-refractivity contribution in [3.63, 3.8) is 0 Å². The molecule has 3 aliphatic rings. The summed E-state index contributed by atoms with van der Waals surface area (Å²) in [5.74, 6) is -1.17. The van der Waals surface area contributed by atoms with Crippen molar-refractivity contribution in [3.05, 3.63) is 47.4 Å². The smallest absolute Gasteiger partial charge is 0.408 e. The molecule has 3 amide bonds. The largest absolute Gasteiger partial charge is 0.455 e. The van der Waals surface area contributed by atoms with Crippen molar-refractivity contribution >= 4 is 29.6 Å². The van der Waals surface area contributed by atoms with Gasteiger partial charge < -0.3 is 19.7 Å². The number of carbonyl (C=O) groups excluding carboxylic acids is 4. The Bertz CT molecular complexity index is 1220. The third-order valence-electron chi connectivity index (χ3n) is 6.48. The Hall–Kier alpha value is -3.69. The van der Waals surface area contributed by atoms with Crippen LogP contribution in [0.1, 0.15) is 60.8 Å². The molecule has 0 bridgehead atoms. The fourth-order valence-corrected chi connectivity index (χ4v) is 4.86. The SMILES string of the molecule is C[n+]1ccc(N2CC/C(=C\C3=C(C(=O)OC(C)(C)C)N4C(=O)[C@@H](NC(=O)OC(C)(C)C)[C@H]4CC3)C2=O)cc1. The first-order valence-corrected chi connectivity index (χ1v) is 12.9. The van der Waals surface area contributed by atoms with Crippen LogP contribution in [0.3, 0.4) is 0 Å². The van der Waals surface area contributed by atoms with Gasteiger partial charge in [-0.3, -0.25) is 14.5 Å². The minimum atomic E-state index is -0.792. The molecule has 0 saturated carbocycles. The lowest BCUT2D eigenvalue weighted by Crippen LogP contribution is -2.72. The van der Waals surface area contributed by atoms with Crippen molar-refractivity contribution in [1.82, 2.24) is 10.2 Å². The van der Waals surface area contributed by atoms with Crippen LogP contribution < -0.4 is 14.8 Å². The molecule has 2 saturated heterocycles. The molecule has 204 valence electrons. The number of aryl methyl sites for hydroxylation is 1. The molecule has 0 spiro atoms. The van der Waals surface area contributed by atoms with Crippen molar-refractivity contribution in [2.75, 3.05) is 11.4 Å². The Labute approximate surface area is 223 Å². The maximum absolute atomic E-state index is 13.3. The monoisotopic (exact) mass is 525 g/mol. The van der Waals surface area contributed by atoms with E-state index in [2.05, 4.69) is 5.32 Å². The Morgan fingerprint density at radius 1 is 1.03 bits per heavy atom. The summed E-state index contributed by atoms with van der Waals surface area (Å²) in [4.78, 5) is 55.2.